The number of aromatic nitrogens is 1. The second-order valence-electron chi connectivity index (χ2n) is 4.38. The SMILES string of the molecule is C/C=C(/OC)C(C)C(/C=C/c1csc(C(C)=O)n1)OC. The molecular weight excluding hydrogens is 274 g/mol. The summed E-state index contributed by atoms with van der Waals surface area (Å²) < 4.78 is 10.8. The van der Waals surface area contributed by atoms with Crippen LogP contribution in [-0.2, 0) is 9.47 Å². The van der Waals surface area contributed by atoms with Crippen molar-refractivity contribution in [2.75, 3.05) is 14.2 Å². The van der Waals surface area contributed by atoms with Gasteiger partial charge in [0, 0.05) is 25.3 Å². The van der Waals surface area contributed by atoms with Crippen molar-refractivity contribution in [1.29, 1.82) is 0 Å². The van der Waals surface area contributed by atoms with Gasteiger partial charge in [-0.05, 0) is 19.1 Å². The van der Waals surface area contributed by atoms with E-state index in [0.717, 1.165) is 11.5 Å². The molecule has 0 amide bonds. The second kappa shape index (κ2) is 7.97. The molecule has 0 spiro atoms. The molecule has 110 valence electrons. The van der Waals surface area contributed by atoms with E-state index in [0.29, 0.717) is 5.01 Å². The zero-order valence-corrected chi connectivity index (χ0v) is 13.4. The van der Waals surface area contributed by atoms with E-state index >= 15 is 0 Å². The van der Waals surface area contributed by atoms with Crippen LogP contribution in [0.4, 0.5) is 0 Å². The maximum atomic E-state index is 11.2. The van der Waals surface area contributed by atoms with Crippen LogP contribution in [-0.4, -0.2) is 31.1 Å². The summed E-state index contributed by atoms with van der Waals surface area (Å²) in [6, 6.07) is 0. The maximum Gasteiger partial charge on any atom is 0.188 e. The summed E-state index contributed by atoms with van der Waals surface area (Å²) in [4.78, 5) is 15.4. The number of Topliss-reactive ketones (excluding diaryl/α,β-unsaturated/α-hetero) is 1. The molecule has 0 radical (unpaired) electrons. The molecule has 1 rings (SSSR count). The van der Waals surface area contributed by atoms with E-state index in [2.05, 4.69) is 4.98 Å². The van der Waals surface area contributed by atoms with E-state index in [1.807, 2.05) is 37.5 Å². The summed E-state index contributed by atoms with van der Waals surface area (Å²) >= 11 is 1.35. The van der Waals surface area contributed by atoms with Gasteiger partial charge in [-0.1, -0.05) is 13.0 Å². The van der Waals surface area contributed by atoms with Gasteiger partial charge in [0.05, 0.1) is 24.7 Å². The molecule has 0 N–H and O–H groups in total. The molecule has 20 heavy (non-hydrogen) atoms. The fourth-order valence-corrected chi connectivity index (χ4v) is 2.58. The van der Waals surface area contributed by atoms with Crippen molar-refractivity contribution in [2.45, 2.75) is 26.9 Å². The molecule has 1 aromatic heterocycles. The fourth-order valence-electron chi connectivity index (χ4n) is 1.90. The van der Waals surface area contributed by atoms with Gasteiger partial charge in [-0.25, -0.2) is 4.98 Å². The molecule has 4 nitrogen and oxygen atoms in total. The number of carbonyl (C=O) groups is 1. The number of nitrogens with zero attached hydrogens (tertiary/aromatic N) is 1. The molecule has 0 aliphatic rings. The van der Waals surface area contributed by atoms with Crippen molar-refractivity contribution in [3.05, 3.63) is 34.0 Å². The van der Waals surface area contributed by atoms with Crippen LogP contribution < -0.4 is 0 Å². The number of methoxy groups -OCH3 is 2. The molecule has 5 heteroatoms. The zero-order valence-electron chi connectivity index (χ0n) is 12.5. The Hall–Kier alpha value is -1.46. The van der Waals surface area contributed by atoms with Gasteiger partial charge in [0.25, 0.3) is 0 Å². The molecule has 0 aliphatic heterocycles. The quantitative estimate of drug-likeness (QED) is 0.570. The summed E-state index contributed by atoms with van der Waals surface area (Å²) in [5, 5.41) is 2.38. The number of hydrogen-bond acceptors (Lipinski definition) is 5. The average molecular weight is 295 g/mol. The highest BCUT2D eigenvalue weighted by atomic mass is 32.1. The predicted octanol–water partition coefficient (Wildman–Crippen LogP) is 3.56. The first-order chi connectivity index (χ1) is 9.53. The van der Waals surface area contributed by atoms with E-state index in [1.165, 1.54) is 18.3 Å². The van der Waals surface area contributed by atoms with E-state index < -0.39 is 0 Å². The van der Waals surface area contributed by atoms with E-state index in [1.54, 1.807) is 14.2 Å². The lowest BCUT2D eigenvalue weighted by molar-refractivity contribution is 0.0846. The Morgan fingerprint density at radius 2 is 2.15 bits per heavy atom. The average Bonchev–Trinajstić information content (AvgIpc) is 2.90. The number of thiazole rings is 1. The molecule has 1 heterocycles. The van der Waals surface area contributed by atoms with Crippen molar-refractivity contribution in [2.24, 2.45) is 5.92 Å². The lowest BCUT2D eigenvalue weighted by Crippen LogP contribution is -2.20. The number of ketones is 1. The lowest BCUT2D eigenvalue weighted by Gasteiger charge is -2.21. The first-order valence-corrected chi connectivity index (χ1v) is 7.29. The Balaban J connectivity index is 2.81. The normalized spacial score (nSPS) is 15.3. The van der Waals surface area contributed by atoms with E-state index in [9.17, 15) is 4.79 Å². The molecule has 0 saturated carbocycles. The van der Waals surface area contributed by atoms with Crippen molar-refractivity contribution in [1.82, 2.24) is 4.98 Å². The summed E-state index contributed by atoms with van der Waals surface area (Å²) in [6.45, 7) is 5.49. The first-order valence-electron chi connectivity index (χ1n) is 6.41. The van der Waals surface area contributed by atoms with Crippen LogP contribution in [0.15, 0.2) is 23.3 Å². The Morgan fingerprint density at radius 1 is 1.45 bits per heavy atom. The largest absolute Gasteiger partial charge is 0.501 e. The van der Waals surface area contributed by atoms with Crippen molar-refractivity contribution in [3.8, 4) is 0 Å². The standard InChI is InChI=1S/C15H21NO3S/c1-6-13(18-4)10(2)14(19-5)8-7-12-9-20-15(16-12)11(3)17/h6-10,14H,1-5H3/b8-7+,13-6+. The van der Waals surface area contributed by atoms with Crippen LogP contribution in [0.2, 0.25) is 0 Å². The molecule has 2 atom stereocenters. The summed E-state index contributed by atoms with van der Waals surface area (Å²) in [6.07, 6.45) is 5.63. The van der Waals surface area contributed by atoms with Gasteiger partial charge in [-0.3, -0.25) is 4.79 Å². The molecular formula is C15H21NO3S. The van der Waals surface area contributed by atoms with Gasteiger partial charge in [0.15, 0.2) is 10.8 Å². The highest BCUT2D eigenvalue weighted by Crippen LogP contribution is 2.20. The van der Waals surface area contributed by atoms with Crippen LogP contribution in [0.5, 0.6) is 0 Å². The Kier molecular flexibility index (Phi) is 6.61. The Morgan fingerprint density at radius 3 is 2.60 bits per heavy atom. The minimum absolute atomic E-state index is 0.0121. The van der Waals surface area contributed by atoms with Crippen LogP contribution in [0, 0.1) is 5.92 Å². The fraction of sp³-hybridized carbons (Fsp3) is 0.467. The predicted molar refractivity (Wildman–Crippen MR) is 81.9 cm³/mol. The van der Waals surface area contributed by atoms with Crippen LogP contribution in [0.3, 0.4) is 0 Å². The van der Waals surface area contributed by atoms with Crippen LogP contribution in [0.25, 0.3) is 6.08 Å². The minimum atomic E-state index is -0.108. The third-order valence-electron chi connectivity index (χ3n) is 3.01. The number of rotatable bonds is 7. The summed E-state index contributed by atoms with van der Waals surface area (Å²) in [5.41, 5.74) is 0.772. The topological polar surface area (TPSA) is 48.4 Å². The van der Waals surface area contributed by atoms with Crippen molar-refractivity contribution >= 4 is 23.2 Å². The number of hydrogen-bond donors (Lipinski definition) is 0. The number of allylic oxidation sites excluding steroid dienone is 1. The highest BCUT2D eigenvalue weighted by molar-refractivity contribution is 7.11. The third kappa shape index (κ3) is 4.28. The molecule has 0 fully saturated rings. The van der Waals surface area contributed by atoms with Crippen molar-refractivity contribution < 1.29 is 14.3 Å². The van der Waals surface area contributed by atoms with Crippen molar-refractivity contribution in [3.63, 3.8) is 0 Å². The van der Waals surface area contributed by atoms with Gasteiger partial charge >= 0.3 is 0 Å². The van der Waals surface area contributed by atoms with Gasteiger partial charge in [-0.2, -0.15) is 0 Å². The minimum Gasteiger partial charge on any atom is -0.501 e. The number of ether oxygens (including phenoxy) is 2. The van der Waals surface area contributed by atoms with E-state index in [4.69, 9.17) is 9.47 Å². The van der Waals surface area contributed by atoms with Gasteiger partial charge in [0.1, 0.15) is 0 Å². The molecule has 0 aromatic carbocycles. The van der Waals surface area contributed by atoms with Gasteiger partial charge in [0.2, 0.25) is 0 Å². The monoisotopic (exact) mass is 295 g/mol. The number of carbonyl (C=O) groups excluding carboxylic acids is 1. The van der Waals surface area contributed by atoms with Crippen LogP contribution in [0.1, 0.15) is 36.3 Å². The molecule has 0 aliphatic carbocycles. The smallest absolute Gasteiger partial charge is 0.188 e. The summed E-state index contributed by atoms with van der Waals surface area (Å²) in [7, 11) is 3.32. The lowest BCUT2D eigenvalue weighted by atomic mass is 10.0. The summed E-state index contributed by atoms with van der Waals surface area (Å²) in [5.74, 6) is 0.975. The van der Waals surface area contributed by atoms with Gasteiger partial charge in [-0.15, -0.1) is 11.3 Å². The Bertz CT molecular complexity index is 505. The van der Waals surface area contributed by atoms with E-state index in [-0.39, 0.29) is 17.8 Å². The van der Waals surface area contributed by atoms with Crippen LogP contribution >= 0.6 is 11.3 Å². The molecule has 1 aromatic rings. The van der Waals surface area contributed by atoms with Gasteiger partial charge < -0.3 is 9.47 Å². The second-order valence-corrected chi connectivity index (χ2v) is 5.24. The first kappa shape index (κ1) is 16.6. The highest BCUT2D eigenvalue weighted by Gasteiger charge is 2.18. The Labute approximate surface area is 124 Å². The zero-order chi connectivity index (χ0) is 15.1. The third-order valence-corrected chi connectivity index (χ3v) is 3.98. The molecule has 2 unspecified atom stereocenters. The maximum absolute atomic E-state index is 11.2. The molecule has 0 bridgehead atoms. The molecule has 0 saturated heterocycles.